The Kier molecular flexibility index (Phi) is 5.92. The molecule has 5 nitrogen and oxygen atoms in total. The second kappa shape index (κ2) is 8.19. The van der Waals surface area contributed by atoms with Gasteiger partial charge in [0.2, 0.25) is 0 Å². The van der Waals surface area contributed by atoms with E-state index in [1.165, 1.54) is 6.26 Å². The fourth-order valence-electron chi connectivity index (χ4n) is 3.26. The summed E-state index contributed by atoms with van der Waals surface area (Å²) < 4.78 is 38.6. The third-order valence-electron chi connectivity index (χ3n) is 4.71. The van der Waals surface area contributed by atoms with Crippen molar-refractivity contribution in [3.05, 3.63) is 48.4 Å². The SMILES string of the molecule is CF.CS(=O)(=O)c1ccc(-c2ccc3oc(C4CCNCC4)nc3c2)cc1. The average Bonchev–Trinajstić information content (AvgIpc) is 3.13. The fraction of sp³-hybridized carbons (Fsp3) is 0.350. The standard InChI is InChI=1S/C19H20N2O3S.CH3F/c1-25(22,23)16-5-2-13(3-6-16)15-4-7-18-17(12-15)21-19(24-18)14-8-10-20-11-9-14;1-2/h2-7,12,14,20H,8-11H2,1H3;1H3. The van der Waals surface area contributed by atoms with Gasteiger partial charge < -0.3 is 9.73 Å². The van der Waals surface area contributed by atoms with Gasteiger partial charge in [-0.3, -0.25) is 4.39 Å². The highest BCUT2D eigenvalue weighted by molar-refractivity contribution is 7.90. The molecule has 0 amide bonds. The van der Waals surface area contributed by atoms with Crippen LogP contribution in [0.3, 0.4) is 0 Å². The molecule has 0 unspecified atom stereocenters. The zero-order valence-electron chi connectivity index (χ0n) is 15.4. The van der Waals surface area contributed by atoms with Crippen LogP contribution in [-0.2, 0) is 9.84 Å². The van der Waals surface area contributed by atoms with Crippen LogP contribution in [0.2, 0.25) is 0 Å². The van der Waals surface area contributed by atoms with Gasteiger partial charge in [0.1, 0.15) is 5.52 Å². The van der Waals surface area contributed by atoms with E-state index in [9.17, 15) is 12.8 Å². The highest BCUT2D eigenvalue weighted by atomic mass is 32.2. The van der Waals surface area contributed by atoms with Crippen molar-refractivity contribution in [1.82, 2.24) is 10.3 Å². The Hall–Kier alpha value is -2.25. The summed E-state index contributed by atoms with van der Waals surface area (Å²) in [5, 5.41) is 3.35. The van der Waals surface area contributed by atoms with Crippen molar-refractivity contribution < 1.29 is 17.2 Å². The largest absolute Gasteiger partial charge is 0.440 e. The topological polar surface area (TPSA) is 72.2 Å². The molecule has 7 heteroatoms. The third kappa shape index (κ3) is 4.36. The minimum Gasteiger partial charge on any atom is -0.440 e. The maximum absolute atomic E-state index is 11.6. The molecule has 0 radical (unpaired) electrons. The number of hydrogen-bond donors (Lipinski definition) is 1. The normalized spacial score (nSPS) is 15.4. The van der Waals surface area contributed by atoms with Gasteiger partial charge in [0, 0.05) is 12.2 Å². The summed E-state index contributed by atoms with van der Waals surface area (Å²) in [5.74, 6) is 1.20. The van der Waals surface area contributed by atoms with Crippen molar-refractivity contribution in [2.45, 2.75) is 23.7 Å². The van der Waals surface area contributed by atoms with Crippen molar-refractivity contribution in [1.29, 1.82) is 0 Å². The summed E-state index contributed by atoms with van der Waals surface area (Å²) in [6.45, 7) is 2.00. The molecule has 1 aliphatic rings. The zero-order chi connectivity index (χ0) is 19.4. The molecule has 0 saturated carbocycles. The Morgan fingerprint density at radius 2 is 1.67 bits per heavy atom. The second-order valence-corrected chi connectivity index (χ2v) is 8.57. The van der Waals surface area contributed by atoms with E-state index in [0.29, 0.717) is 18.0 Å². The van der Waals surface area contributed by atoms with Gasteiger partial charge in [-0.1, -0.05) is 18.2 Å². The molecule has 3 aromatic rings. The summed E-state index contributed by atoms with van der Waals surface area (Å²) in [6.07, 6.45) is 3.31. The molecule has 1 aliphatic heterocycles. The minimum atomic E-state index is -3.18. The molecular weight excluding hydrogens is 367 g/mol. The first-order valence-corrected chi connectivity index (χ1v) is 10.7. The number of alkyl halides is 1. The van der Waals surface area contributed by atoms with Gasteiger partial charge in [-0.15, -0.1) is 0 Å². The van der Waals surface area contributed by atoms with Crippen molar-refractivity contribution in [2.75, 3.05) is 26.5 Å². The Morgan fingerprint density at radius 3 is 2.30 bits per heavy atom. The molecule has 0 atom stereocenters. The Bertz CT molecular complexity index is 1010. The Labute approximate surface area is 158 Å². The highest BCUT2D eigenvalue weighted by Crippen LogP contribution is 2.30. The van der Waals surface area contributed by atoms with E-state index in [2.05, 4.69) is 10.3 Å². The molecule has 1 aromatic heterocycles. The first-order valence-electron chi connectivity index (χ1n) is 8.80. The van der Waals surface area contributed by atoms with Crippen molar-refractivity contribution >= 4 is 20.9 Å². The van der Waals surface area contributed by atoms with Gasteiger partial charge >= 0.3 is 0 Å². The van der Waals surface area contributed by atoms with Gasteiger partial charge in [0.25, 0.3) is 0 Å². The lowest BCUT2D eigenvalue weighted by Gasteiger charge is -2.19. The number of fused-ring (bicyclic) bond motifs is 1. The number of aromatic nitrogens is 1. The number of sulfone groups is 1. The van der Waals surface area contributed by atoms with Crippen molar-refractivity contribution in [3.8, 4) is 11.1 Å². The van der Waals surface area contributed by atoms with E-state index >= 15 is 0 Å². The van der Waals surface area contributed by atoms with Gasteiger partial charge in [-0.25, -0.2) is 13.4 Å². The first-order chi connectivity index (χ1) is 13.0. The molecule has 0 aliphatic carbocycles. The van der Waals surface area contributed by atoms with E-state index in [0.717, 1.165) is 54.0 Å². The predicted octanol–water partition coefficient (Wildman–Crippen LogP) is 3.95. The molecule has 4 rings (SSSR count). The summed E-state index contributed by atoms with van der Waals surface area (Å²) in [4.78, 5) is 5.01. The van der Waals surface area contributed by atoms with E-state index < -0.39 is 9.84 Å². The van der Waals surface area contributed by atoms with E-state index in [-0.39, 0.29) is 0 Å². The number of hydrogen-bond acceptors (Lipinski definition) is 5. The fourth-order valence-corrected chi connectivity index (χ4v) is 3.89. The number of nitrogens with zero attached hydrogens (tertiary/aromatic N) is 1. The summed E-state index contributed by atoms with van der Waals surface area (Å²) in [6, 6.07) is 12.8. The highest BCUT2D eigenvalue weighted by Gasteiger charge is 2.20. The zero-order valence-corrected chi connectivity index (χ0v) is 16.2. The number of benzene rings is 2. The molecule has 0 bridgehead atoms. The Morgan fingerprint density at radius 1 is 1.04 bits per heavy atom. The van der Waals surface area contributed by atoms with Crippen LogP contribution in [0.25, 0.3) is 22.2 Å². The maximum Gasteiger partial charge on any atom is 0.198 e. The summed E-state index contributed by atoms with van der Waals surface area (Å²) in [7, 11) is -2.68. The number of oxazole rings is 1. The number of halogens is 1. The summed E-state index contributed by atoms with van der Waals surface area (Å²) in [5.41, 5.74) is 3.60. The Balaban J connectivity index is 0.00000102. The van der Waals surface area contributed by atoms with E-state index in [4.69, 9.17) is 4.42 Å². The molecule has 0 spiro atoms. The molecule has 144 valence electrons. The van der Waals surface area contributed by atoms with Crippen LogP contribution in [0.15, 0.2) is 51.8 Å². The van der Waals surface area contributed by atoms with Gasteiger partial charge in [-0.2, -0.15) is 0 Å². The maximum atomic E-state index is 11.6. The number of rotatable bonds is 3. The average molecular weight is 390 g/mol. The number of nitrogens with one attached hydrogen (secondary N) is 1. The third-order valence-corrected chi connectivity index (χ3v) is 5.84. The second-order valence-electron chi connectivity index (χ2n) is 6.56. The van der Waals surface area contributed by atoms with E-state index in [1.54, 1.807) is 12.1 Å². The van der Waals surface area contributed by atoms with Gasteiger partial charge in [0.15, 0.2) is 21.3 Å². The van der Waals surface area contributed by atoms with Crippen molar-refractivity contribution in [3.63, 3.8) is 0 Å². The van der Waals surface area contributed by atoms with Gasteiger partial charge in [-0.05, 0) is 61.3 Å². The number of piperidine rings is 1. The van der Waals surface area contributed by atoms with Gasteiger partial charge in [0.05, 0.1) is 12.1 Å². The molecule has 27 heavy (non-hydrogen) atoms. The quantitative estimate of drug-likeness (QED) is 0.733. The molecular formula is C20H23FN2O3S. The van der Waals surface area contributed by atoms with Crippen LogP contribution in [0.1, 0.15) is 24.7 Å². The van der Waals surface area contributed by atoms with Crippen LogP contribution >= 0.6 is 0 Å². The predicted molar refractivity (Wildman–Crippen MR) is 104 cm³/mol. The summed E-state index contributed by atoms with van der Waals surface area (Å²) >= 11 is 0. The van der Waals surface area contributed by atoms with Crippen LogP contribution < -0.4 is 5.32 Å². The van der Waals surface area contributed by atoms with E-state index in [1.807, 2.05) is 30.3 Å². The molecule has 1 fully saturated rings. The lowest BCUT2D eigenvalue weighted by molar-refractivity contribution is 0.385. The molecule has 1 N–H and O–H groups in total. The smallest absolute Gasteiger partial charge is 0.198 e. The van der Waals surface area contributed by atoms with Crippen molar-refractivity contribution in [2.24, 2.45) is 0 Å². The lowest BCUT2D eigenvalue weighted by atomic mass is 9.98. The van der Waals surface area contributed by atoms with Crippen LogP contribution in [0, 0.1) is 0 Å². The van der Waals surface area contributed by atoms with Crippen LogP contribution in [0.5, 0.6) is 0 Å². The minimum absolute atomic E-state index is 0.326. The molecule has 2 heterocycles. The van der Waals surface area contributed by atoms with Crippen LogP contribution in [-0.4, -0.2) is 39.9 Å². The lowest BCUT2D eigenvalue weighted by Crippen LogP contribution is -2.26. The molecule has 2 aromatic carbocycles. The first kappa shape index (κ1) is 19.5. The van der Waals surface area contributed by atoms with Crippen LogP contribution in [0.4, 0.5) is 4.39 Å². The monoisotopic (exact) mass is 390 g/mol. The molecule has 1 saturated heterocycles.